The summed E-state index contributed by atoms with van der Waals surface area (Å²) in [7, 11) is 0. The Morgan fingerprint density at radius 2 is 2.07 bits per heavy atom. The molecule has 3 atom stereocenters. The fraction of sp³-hybridized carbons (Fsp3) is 0.238. The standard InChI is InChI=1S/C21H21BrN6OS/c22-15-7-4-8-16(11-15)23-19(29)13-30-21-25-24-20-18-12-17(14-5-2-1-3-6-14)26-28(18)10-9-27(20)21/h1-11,17-18,20,24,26H,12-13H2,(H,23,29). The molecule has 3 aliphatic heterocycles. The summed E-state index contributed by atoms with van der Waals surface area (Å²) in [5, 5.41) is 10.4. The minimum absolute atomic E-state index is 0.0480. The highest BCUT2D eigenvalue weighted by Crippen LogP contribution is 2.35. The molecule has 2 aromatic rings. The van der Waals surface area contributed by atoms with Gasteiger partial charge in [-0.15, -0.1) is 0 Å². The van der Waals surface area contributed by atoms with Crippen LogP contribution in [-0.2, 0) is 4.79 Å². The molecule has 1 fully saturated rings. The lowest BCUT2D eigenvalue weighted by Crippen LogP contribution is -2.54. The summed E-state index contributed by atoms with van der Waals surface area (Å²) in [5.41, 5.74) is 8.88. The van der Waals surface area contributed by atoms with Gasteiger partial charge in [-0.05, 0) is 30.2 Å². The van der Waals surface area contributed by atoms with Crippen LogP contribution in [0.15, 0.2) is 76.6 Å². The van der Waals surface area contributed by atoms with Crippen LogP contribution in [0.25, 0.3) is 0 Å². The van der Waals surface area contributed by atoms with Gasteiger partial charge in [0.25, 0.3) is 0 Å². The summed E-state index contributed by atoms with van der Waals surface area (Å²) in [6.07, 6.45) is 5.08. The molecule has 1 saturated heterocycles. The smallest absolute Gasteiger partial charge is 0.234 e. The van der Waals surface area contributed by atoms with E-state index in [9.17, 15) is 4.79 Å². The van der Waals surface area contributed by atoms with Gasteiger partial charge < -0.3 is 15.2 Å². The van der Waals surface area contributed by atoms with Gasteiger partial charge in [-0.2, -0.15) is 5.10 Å². The van der Waals surface area contributed by atoms with Crippen LogP contribution in [-0.4, -0.2) is 38.9 Å². The maximum atomic E-state index is 12.3. The van der Waals surface area contributed by atoms with E-state index in [1.54, 1.807) is 0 Å². The highest BCUT2D eigenvalue weighted by molar-refractivity contribution is 9.10. The Hall–Kier alpha value is -2.49. The number of fused-ring (bicyclic) bond motifs is 3. The van der Waals surface area contributed by atoms with Crippen molar-refractivity contribution in [2.45, 2.75) is 24.7 Å². The van der Waals surface area contributed by atoms with Gasteiger partial charge in [-0.3, -0.25) is 10.2 Å². The Labute approximate surface area is 187 Å². The third-order valence-electron chi connectivity index (χ3n) is 5.35. The van der Waals surface area contributed by atoms with E-state index in [0.29, 0.717) is 5.75 Å². The molecule has 1 amide bonds. The number of carbonyl (C=O) groups excluding carboxylic acids is 1. The summed E-state index contributed by atoms with van der Waals surface area (Å²) in [6, 6.07) is 18.6. The summed E-state index contributed by atoms with van der Waals surface area (Å²) >= 11 is 4.85. The van der Waals surface area contributed by atoms with E-state index in [-0.39, 0.29) is 24.2 Å². The monoisotopic (exact) mass is 484 g/mol. The molecule has 154 valence electrons. The van der Waals surface area contributed by atoms with E-state index >= 15 is 0 Å². The van der Waals surface area contributed by atoms with Crippen molar-refractivity contribution in [1.82, 2.24) is 20.8 Å². The van der Waals surface area contributed by atoms with E-state index in [4.69, 9.17) is 0 Å². The second-order valence-corrected chi connectivity index (χ2v) is 9.18. The zero-order valence-electron chi connectivity index (χ0n) is 16.0. The second kappa shape index (κ2) is 8.33. The molecule has 0 radical (unpaired) electrons. The molecule has 3 heterocycles. The maximum absolute atomic E-state index is 12.3. The number of nitrogens with one attached hydrogen (secondary N) is 3. The lowest BCUT2D eigenvalue weighted by molar-refractivity contribution is -0.113. The van der Waals surface area contributed by atoms with Crippen LogP contribution in [0.3, 0.4) is 0 Å². The number of amidine groups is 1. The molecule has 30 heavy (non-hydrogen) atoms. The number of hydrogen-bond acceptors (Lipinski definition) is 7. The molecule has 2 aromatic carbocycles. The summed E-state index contributed by atoms with van der Waals surface area (Å²) in [6.45, 7) is 0. The number of amides is 1. The number of hydrazine groups is 1. The zero-order valence-corrected chi connectivity index (χ0v) is 18.4. The molecule has 0 aromatic heterocycles. The zero-order chi connectivity index (χ0) is 20.5. The van der Waals surface area contributed by atoms with Gasteiger partial charge in [0.1, 0.15) is 6.17 Å². The van der Waals surface area contributed by atoms with Gasteiger partial charge in [0.05, 0.1) is 17.8 Å². The van der Waals surface area contributed by atoms with Crippen molar-refractivity contribution in [3.63, 3.8) is 0 Å². The average Bonchev–Trinajstić information content (AvgIpc) is 3.37. The molecule has 0 bridgehead atoms. The van der Waals surface area contributed by atoms with E-state index in [1.165, 1.54) is 17.3 Å². The fourth-order valence-electron chi connectivity index (χ4n) is 3.95. The number of hydrogen-bond donors (Lipinski definition) is 3. The van der Waals surface area contributed by atoms with Gasteiger partial charge >= 0.3 is 0 Å². The van der Waals surface area contributed by atoms with Crippen molar-refractivity contribution in [2.24, 2.45) is 5.10 Å². The minimum atomic E-state index is -0.0569. The van der Waals surface area contributed by atoms with E-state index < -0.39 is 0 Å². The SMILES string of the molecule is O=C(CSC1=NNC2C3CC(c4ccccc4)NN3C=CN12)Nc1cccc(Br)c1. The number of anilines is 1. The number of carbonyl (C=O) groups is 1. The normalized spacial score (nSPS) is 24.2. The molecule has 3 N–H and O–H groups in total. The van der Waals surface area contributed by atoms with Gasteiger partial charge in [-0.1, -0.05) is 64.1 Å². The molecule has 7 nitrogen and oxygen atoms in total. The molecule has 0 saturated carbocycles. The predicted molar refractivity (Wildman–Crippen MR) is 123 cm³/mol. The molecule has 0 aliphatic carbocycles. The van der Waals surface area contributed by atoms with Crippen molar-refractivity contribution in [3.05, 3.63) is 77.0 Å². The van der Waals surface area contributed by atoms with Crippen molar-refractivity contribution in [3.8, 4) is 0 Å². The van der Waals surface area contributed by atoms with Gasteiger partial charge in [0.2, 0.25) is 5.91 Å². The fourth-order valence-corrected chi connectivity index (χ4v) is 5.12. The molecule has 9 heteroatoms. The van der Waals surface area contributed by atoms with E-state index in [1.807, 2.05) is 36.5 Å². The van der Waals surface area contributed by atoms with Crippen molar-refractivity contribution < 1.29 is 4.79 Å². The van der Waals surface area contributed by atoms with Crippen LogP contribution in [0.2, 0.25) is 0 Å². The van der Waals surface area contributed by atoms with Crippen molar-refractivity contribution >= 4 is 44.5 Å². The lowest BCUT2D eigenvalue weighted by atomic mass is 10.00. The van der Waals surface area contributed by atoms with Crippen LogP contribution in [0.1, 0.15) is 18.0 Å². The van der Waals surface area contributed by atoms with Gasteiger partial charge in [0, 0.05) is 22.6 Å². The van der Waals surface area contributed by atoms with Crippen LogP contribution in [0, 0.1) is 0 Å². The number of rotatable bonds is 4. The molecular weight excluding hydrogens is 464 g/mol. The first-order chi connectivity index (χ1) is 14.7. The highest BCUT2D eigenvalue weighted by atomic mass is 79.9. The molecule has 3 aliphatic rings. The highest BCUT2D eigenvalue weighted by Gasteiger charge is 2.44. The average molecular weight is 485 g/mol. The third kappa shape index (κ3) is 3.92. The quantitative estimate of drug-likeness (QED) is 0.617. The molecule has 3 unspecified atom stereocenters. The van der Waals surface area contributed by atoms with Gasteiger partial charge in [0.15, 0.2) is 5.17 Å². The Bertz CT molecular complexity index is 1000. The first-order valence-electron chi connectivity index (χ1n) is 9.75. The molecule has 5 rings (SSSR count). The summed E-state index contributed by atoms with van der Waals surface area (Å²) in [4.78, 5) is 14.5. The number of nitrogens with zero attached hydrogens (tertiary/aromatic N) is 3. The van der Waals surface area contributed by atoms with Crippen LogP contribution >= 0.6 is 27.7 Å². The van der Waals surface area contributed by atoms with Crippen molar-refractivity contribution in [2.75, 3.05) is 11.1 Å². The Balaban J connectivity index is 1.18. The largest absolute Gasteiger partial charge is 0.325 e. The second-order valence-electron chi connectivity index (χ2n) is 7.32. The number of benzene rings is 2. The number of hydrazone groups is 1. The Kier molecular flexibility index (Phi) is 5.41. The minimum Gasteiger partial charge on any atom is -0.325 e. The first kappa shape index (κ1) is 19.5. The van der Waals surface area contributed by atoms with Gasteiger partial charge in [-0.25, -0.2) is 5.43 Å². The van der Waals surface area contributed by atoms with E-state index in [2.05, 4.69) is 77.6 Å². The maximum Gasteiger partial charge on any atom is 0.234 e. The molecule has 0 spiro atoms. The first-order valence-corrected chi connectivity index (χ1v) is 11.5. The van der Waals surface area contributed by atoms with Crippen LogP contribution in [0.4, 0.5) is 5.69 Å². The lowest BCUT2D eigenvalue weighted by Gasteiger charge is -2.36. The van der Waals surface area contributed by atoms with Crippen LogP contribution in [0.5, 0.6) is 0 Å². The topological polar surface area (TPSA) is 72.0 Å². The Morgan fingerprint density at radius 1 is 1.20 bits per heavy atom. The van der Waals surface area contributed by atoms with Crippen LogP contribution < -0.4 is 16.2 Å². The summed E-state index contributed by atoms with van der Waals surface area (Å²) < 4.78 is 0.933. The predicted octanol–water partition coefficient (Wildman–Crippen LogP) is 3.43. The summed E-state index contributed by atoms with van der Waals surface area (Å²) in [5.74, 6) is 0.238. The van der Waals surface area contributed by atoms with Crippen molar-refractivity contribution in [1.29, 1.82) is 0 Å². The third-order valence-corrected chi connectivity index (χ3v) is 6.81. The Morgan fingerprint density at radius 3 is 2.90 bits per heavy atom. The number of halogens is 1. The molecular formula is C21H21BrN6OS. The van der Waals surface area contributed by atoms with E-state index in [0.717, 1.165) is 21.7 Å². The number of thioether (sulfide) groups is 1.